The van der Waals surface area contributed by atoms with Crippen LogP contribution >= 0.6 is 0 Å². The quantitative estimate of drug-likeness (QED) is 0.887. The summed E-state index contributed by atoms with van der Waals surface area (Å²) in [5.41, 5.74) is 12.8. The fraction of sp³-hybridized carbons (Fsp3) is 0.312. The van der Waals surface area contributed by atoms with Crippen molar-refractivity contribution in [3.8, 4) is 11.3 Å². The molecular weight excluding hydrogens is 220 g/mol. The van der Waals surface area contributed by atoms with Crippen LogP contribution in [0, 0.1) is 6.92 Å². The summed E-state index contributed by atoms with van der Waals surface area (Å²) in [4.78, 5) is 4.47. The molecule has 0 bridgehead atoms. The van der Waals surface area contributed by atoms with Crippen molar-refractivity contribution in [2.24, 2.45) is 0 Å². The van der Waals surface area contributed by atoms with Crippen LogP contribution in [-0.2, 0) is 12.8 Å². The lowest BCUT2D eigenvalue weighted by Gasteiger charge is -2.12. The van der Waals surface area contributed by atoms with E-state index in [-0.39, 0.29) is 0 Å². The molecule has 0 atom stereocenters. The van der Waals surface area contributed by atoms with E-state index in [9.17, 15) is 0 Å². The maximum Gasteiger partial charge on any atom is 0.0936 e. The SMILES string of the molecule is CCc1ccc(CC)c(-c2nccc(C)c2N)c1. The molecule has 0 saturated carbocycles. The molecule has 0 unspecified atom stereocenters. The van der Waals surface area contributed by atoms with E-state index in [1.165, 1.54) is 16.7 Å². The maximum atomic E-state index is 6.17. The van der Waals surface area contributed by atoms with Crippen LogP contribution in [0.1, 0.15) is 30.5 Å². The van der Waals surface area contributed by atoms with E-state index in [0.717, 1.165) is 29.8 Å². The molecule has 0 radical (unpaired) electrons. The number of hydrogen-bond acceptors (Lipinski definition) is 2. The molecule has 2 nitrogen and oxygen atoms in total. The predicted octanol–water partition coefficient (Wildman–Crippen LogP) is 3.76. The number of rotatable bonds is 3. The summed E-state index contributed by atoms with van der Waals surface area (Å²) in [7, 11) is 0. The number of pyridine rings is 1. The number of nitrogen functional groups attached to an aromatic ring is 1. The molecule has 1 aromatic heterocycles. The molecule has 94 valence electrons. The zero-order valence-corrected chi connectivity index (χ0v) is 11.3. The second-order valence-corrected chi connectivity index (χ2v) is 4.59. The number of anilines is 1. The molecule has 2 aromatic rings. The second-order valence-electron chi connectivity index (χ2n) is 4.59. The Labute approximate surface area is 109 Å². The maximum absolute atomic E-state index is 6.17. The van der Waals surface area contributed by atoms with Gasteiger partial charge in [0, 0.05) is 11.8 Å². The average molecular weight is 240 g/mol. The van der Waals surface area contributed by atoms with Gasteiger partial charge in [-0.05, 0) is 48.6 Å². The van der Waals surface area contributed by atoms with Crippen molar-refractivity contribution in [3.05, 3.63) is 47.2 Å². The van der Waals surface area contributed by atoms with E-state index < -0.39 is 0 Å². The highest BCUT2D eigenvalue weighted by Gasteiger charge is 2.10. The van der Waals surface area contributed by atoms with Crippen molar-refractivity contribution >= 4 is 5.69 Å². The van der Waals surface area contributed by atoms with Crippen LogP contribution in [0.4, 0.5) is 5.69 Å². The first-order valence-corrected chi connectivity index (χ1v) is 6.50. The van der Waals surface area contributed by atoms with Crippen molar-refractivity contribution in [1.82, 2.24) is 4.98 Å². The van der Waals surface area contributed by atoms with Crippen molar-refractivity contribution in [2.75, 3.05) is 5.73 Å². The molecule has 0 aliphatic heterocycles. The van der Waals surface area contributed by atoms with Gasteiger partial charge in [0.05, 0.1) is 11.4 Å². The molecule has 2 rings (SSSR count). The number of aryl methyl sites for hydroxylation is 3. The van der Waals surface area contributed by atoms with Gasteiger partial charge in [-0.25, -0.2) is 0 Å². The topological polar surface area (TPSA) is 38.9 Å². The highest BCUT2D eigenvalue weighted by atomic mass is 14.7. The summed E-state index contributed by atoms with van der Waals surface area (Å²) in [5.74, 6) is 0. The Hall–Kier alpha value is -1.83. The normalized spacial score (nSPS) is 10.6. The Morgan fingerprint density at radius 1 is 1.11 bits per heavy atom. The minimum absolute atomic E-state index is 0.792. The molecule has 0 aliphatic carbocycles. The standard InChI is InChI=1S/C16H20N2/c1-4-12-6-7-13(5-2)14(10-12)16-15(17)11(3)8-9-18-16/h6-10H,4-5,17H2,1-3H3. The molecule has 0 aliphatic rings. The molecule has 18 heavy (non-hydrogen) atoms. The Balaban J connectivity index is 2.64. The average Bonchev–Trinajstić information content (AvgIpc) is 2.41. The number of nitrogens with two attached hydrogens (primary N) is 1. The van der Waals surface area contributed by atoms with E-state index >= 15 is 0 Å². The third kappa shape index (κ3) is 2.23. The summed E-state index contributed by atoms with van der Waals surface area (Å²) in [5, 5.41) is 0. The van der Waals surface area contributed by atoms with E-state index in [4.69, 9.17) is 5.73 Å². The lowest BCUT2D eigenvalue weighted by Crippen LogP contribution is -1.99. The molecule has 0 amide bonds. The first-order valence-electron chi connectivity index (χ1n) is 6.50. The van der Waals surface area contributed by atoms with Gasteiger partial charge in [-0.2, -0.15) is 0 Å². The summed E-state index contributed by atoms with van der Waals surface area (Å²) in [6, 6.07) is 8.55. The third-order valence-electron chi connectivity index (χ3n) is 3.43. The summed E-state index contributed by atoms with van der Waals surface area (Å²) >= 11 is 0. The van der Waals surface area contributed by atoms with E-state index in [1.807, 2.05) is 19.2 Å². The molecule has 0 spiro atoms. The smallest absolute Gasteiger partial charge is 0.0936 e. The number of benzene rings is 1. The van der Waals surface area contributed by atoms with E-state index in [0.29, 0.717) is 0 Å². The van der Waals surface area contributed by atoms with Crippen molar-refractivity contribution < 1.29 is 0 Å². The Morgan fingerprint density at radius 3 is 2.56 bits per heavy atom. The molecule has 0 saturated heterocycles. The molecule has 1 heterocycles. The molecule has 1 aromatic carbocycles. The lowest BCUT2D eigenvalue weighted by molar-refractivity contribution is 1.10. The number of nitrogens with zero attached hydrogens (tertiary/aromatic N) is 1. The fourth-order valence-electron chi connectivity index (χ4n) is 2.16. The highest BCUT2D eigenvalue weighted by Crippen LogP contribution is 2.30. The van der Waals surface area contributed by atoms with Gasteiger partial charge < -0.3 is 5.73 Å². The zero-order valence-electron chi connectivity index (χ0n) is 11.3. The predicted molar refractivity (Wildman–Crippen MR) is 77.6 cm³/mol. The largest absolute Gasteiger partial charge is 0.397 e. The Bertz CT molecular complexity index is 559. The van der Waals surface area contributed by atoms with Gasteiger partial charge >= 0.3 is 0 Å². The summed E-state index contributed by atoms with van der Waals surface area (Å²) in [6.07, 6.45) is 3.86. The van der Waals surface area contributed by atoms with Crippen LogP contribution in [0.3, 0.4) is 0 Å². The van der Waals surface area contributed by atoms with Gasteiger partial charge in [-0.3, -0.25) is 4.98 Å². The third-order valence-corrected chi connectivity index (χ3v) is 3.43. The highest BCUT2D eigenvalue weighted by molar-refractivity contribution is 5.77. The van der Waals surface area contributed by atoms with Gasteiger partial charge in [0.1, 0.15) is 0 Å². The van der Waals surface area contributed by atoms with Crippen LogP contribution < -0.4 is 5.73 Å². The van der Waals surface area contributed by atoms with Crippen molar-refractivity contribution in [1.29, 1.82) is 0 Å². The van der Waals surface area contributed by atoms with Gasteiger partial charge in [-0.15, -0.1) is 0 Å². The first kappa shape index (κ1) is 12.6. The van der Waals surface area contributed by atoms with Crippen LogP contribution in [-0.4, -0.2) is 4.98 Å². The van der Waals surface area contributed by atoms with Gasteiger partial charge in [0.25, 0.3) is 0 Å². The molecular formula is C16H20N2. The van der Waals surface area contributed by atoms with Gasteiger partial charge in [0.15, 0.2) is 0 Å². The minimum atomic E-state index is 0.792. The second kappa shape index (κ2) is 5.21. The first-order chi connectivity index (χ1) is 8.67. The van der Waals surface area contributed by atoms with Crippen LogP contribution in [0.5, 0.6) is 0 Å². The van der Waals surface area contributed by atoms with E-state index in [2.05, 4.69) is 37.0 Å². The van der Waals surface area contributed by atoms with Crippen LogP contribution in [0.25, 0.3) is 11.3 Å². The molecule has 2 heteroatoms. The Morgan fingerprint density at radius 2 is 1.89 bits per heavy atom. The van der Waals surface area contributed by atoms with Crippen molar-refractivity contribution in [3.63, 3.8) is 0 Å². The monoisotopic (exact) mass is 240 g/mol. The zero-order chi connectivity index (χ0) is 13.1. The fourth-order valence-corrected chi connectivity index (χ4v) is 2.16. The molecule has 2 N–H and O–H groups in total. The van der Waals surface area contributed by atoms with Gasteiger partial charge in [0.2, 0.25) is 0 Å². The minimum Gasteiger partial charge on any atom is -0.397 e. The Kier molecular flexibility index (Phi) is 3.66. The van der Waals surface area contributed by atoms with E-state index in [1.54, 1.807) is 0 Å². The van der Waals surface area contributed by atoms with Crippen molar-refractivity contribution in [2.45, 2.75) is 33.6 Å². The lowest BCUT2D eigenvalue weighted by atomic mass is 9.96. The number of hydrogen-bond donors (Lipinski definition) is 1. The molecule has 0 fully saturated rings. The summed E-state index contributed by atoms with van der Waals surface area (Å²) < 4.78 is 0. The number of aromatic nitrogens is 1. The van der Waals surface area contributed by atoms with Crippen LogP contribution in [0.2, 0.25) is 0 Å². The van der Waals surface area contributed by atoms with Crippen LogP contribution in [0.15, 0.2) is 30.5 Å². The van der Waals surface area contributed by atoms with Gasteiger partial charge in [-0.1, -0.05) is 26.0 Å². The summed E-state index contributed by atoms with van der Waals surface area (Å²) in [6.45, 7) is 6.35.